The lowest BCUT2D eigenvalue weighted by Gasteiger charge is -2.05. The van der Waals surface area contributed by atoms with E-state index in [1.165, 1.54) is 0 Å². The Morgan fingerprint density at radius 3 is 2.67 bits per heavy atom. The fourth-order valence-corrected chi connectivity index (χ4v) is 1.13. The molecule has 0 heterocycles. The monoisotopic (exact) mass is 206 g/mol. The topological polar surface area (TPSA) is 38.7 Å². The van der Waals surface area contributed by atoms with E-state index in [-0.39, 0.29) is 6.61 Å². The van der Waals surface area contributed by atoms with Gasteiger partial charge < -0.3 is 14.6 Å². The van der Waals surface area contributed by atoms with Crippen LogP contribution >= 0.6 is 0 Å². The van der Waals surface area contributed by atoms with Crippen LogP contribution in [0.1, 0.15) is 12.0 Å². The predicted octanol–water partition coefficient (Wildman–Crippen LogP) is 1.44. The first-order valence-corrected chi connectivity index (χ1v) is 4.63. The van der Waals surface area contributed by atoms with Crippen LogP contribution in [0.3, 0.4) is 0 Å². The molecular weight excluding hydrogens is 192 g/mol. The van der Waals surface area contributed by atoms with E-state index in [1.807, 2.05) is 18.2 Å². The second kappa shape index (κ2) is 5.94. The van der Waals surface area contributed by atoms with E-state index < -0.39 is 0 Å². The third kappa shape index (κ3) is 3.19. The van der Waals surface area contributed by atoms with Crippen LogP contribution in [0.4, 0.5) is 0 Å². The molecule has 0 aliphatic heterocycles. The first-order valence-electron chi connectivity index (χ1n) is 4.63. The van der Waals surface area contributed by atoms with Gasteiger partial charge in [-0.3, -0.25) is 0 Å². The van der Waals surface area contributed by atoms with Gasteiger partial charge in [-0.2, -0.15) is 0 Å². The predicted molar refractivity (Wildman–Crippen MR) is 58.1 cm³/mol. The maximum atomic E-state index is 8.61. The van der Waals surface area contributed by atoms with E-state index >= 15 is 0 Å². The Morgan fingerprint density at radius 2 is 2.07 bits per heavy atom. The first kappa shape index (κ1) is 11.4. The molecule has 1 N–H and O–H groups in total. The highest BCUT2D eigenvalue weighted by Crippen LogP contribution is 2.22. The minimum atomic E-state index is 0.0687. The number of aliphatic hydroxyl groups excluding tert-OH is 1. The van der Waals surface area contributed by atoms with Crippen molar-refractivity contribution in [2.24, 2.45) is 0 Å². The Hall–Kier alpha value is -1.66. The molecule has 0 radical (unpaired) electrons. The lowest BCUT2D eigenvalue weighted by molar-refractivity contribution is 0.305. The number of aliphatic hydroxyl groups is 1. The molecule has 0 aromatic heterocycles. The molecular formula is C12H14O3. The number of ether oxygens (including phenoxy) is 2. The molecule has 0 bridgehead atoms. The largest absolute Gasteiger partial charge is 0.497 e. The summed E-state index contributed by atoms with van der Waals surface area (Å²) in [5, 5.41) is 8.61. The summed E-state index contributed by atoms with van der Waals surface area (Å²) in [6, 6.07) is 5.43. The van der Waals surface area contributed by atoms with Gasteiger partial charge in [0, 0.05) is 6.42 Å². The minimum Gasteiger partial charge on any atom is -0.497 e. The Bertz CT molecular complexity index is 374. The molecule has 15 heavy (non-hydrogen) atoms. The van der Waals surface area contributed by atoms with Crippen LogP contribution in [0.25, 0.3) is 0 Å². The van der Waals surface area contributed by atoms with Crippen LogP contribution in [-0.4, -0.2) is 25.9 Å². The van der Waals surface area contributed by atoms with Gasteiger partial charge in [-0.25, -0.2) is 0 Å². The van der Waals surface area contributed by atoms with Crippen molar-refractivity contribution in [1.29, 1.82) is 0 Å². The Labute approximate surface area is 89.6 Å². The van der Waals surface area contributed by atoms with Crippen LogP contribution < -0.4 is 9.47 Å². The lowest BCUT2D eigenvalue weighted by Crippen LogP contribution is -1.90. The summed E-state index contributed by atoms with van der Waals surface area (Å²) in [5.41, 5.74) is 0.769. The minimum absolute atomic E-state index is 0.0687. The zero-order valence-electron chi connectivity index (χ0n) is 8.91. The number of benzene rings is 1. The number of rotatable bonds is 3. The van der Waals surface area contributed by atoms with Gasteiger partial charge >= 0.3 is 0 Å². The van der Waals surface area contributed by atoms with E-state index in [1.54, 1.807) is 14.2 Å². The molecule has 1 rings (SSSR count). The summed E-state index contributed by atoms with van der Waals surface area (Å²) in [6.07, 6.45) is 0.459. The summed E-state index contributed by atoms with van der Waals surface area (Å²) >= 11 is 0. The highest BCUT2D eigenvalue weighted by Gasteiger charge is 2.01. The molecule has 0 fully saturated rings. The SMILES string of the molecule is COc1ccc(OC)c(C#CCCO)c1. The number of methoxy groups -OCH3 is 2. The molecule has 3 nitrogen and oxygen atoms in total. The van der Waals surface area contributed by atoms with Crippen molar-refractivity contribution < 1.29 is 14.6 Å². The van der Waals surface area contributed by atoms with Crippen LogP contribution in [0, 0.1) is 11.8 Å². The maximum Gasteiger partial charge on any atom is 0.134 e. The van der Waals surface area contributed by atoms with Gasteiger partial charge in [-0.15, -0.1) is 0 Å². The molecule has 0 aliphatic rings. The third-order valence-corrected chi connectivity index (χ3v) is 1.87. The molecule has 0 saturated carbocycles. The quantitative estimate of drug-likeness (QED) is 0.760. The fraction of sp³-hybridized carbons (Fsp3) is 0.333. The zero-order valence-corrected chi connectivity index (χ0v) is 8.91. The summed E-state index contributed by atoms with van der Waals surface area (Å²) in [7, 11) is 3.20. The average Bonchev–Trinajstić information content (AvgIpc) is 2.29. The second-order valence-electron chi connectivity index (χ2n) is 2.84. The standard InChI is InChI=1S/C12H14O3/c1-14-11-6-7-12(15-2)10(9-11)5-3-4-8-13/h6-7,9,13H,4,8H2,1-2H3. The Morgan fingerprint density at radius 1 is 1.27 bits per heavy atom. The van der Waals surface area contributed by atoms with E-state index in [0.29, 0.717) is 12.2 Å². The molecule has 0 amide bonds. The molecule has 1 aromatic rings. The van der Waals surface area contributed by atoms with Gasteiger partial charge in [0.15, 0.2) is 0 Å². The molecule has 80 valence electrons. The van der Waals surface area contributed by atoms with Crippen LogP contribution in [-0.2, 0) is 0 Å². The molecule has 1 aromatic carbocycles. The number of hydrogen-bond donors (Lipinski definition) is 1. The highest BCUT2D eigenvalue weighted by molar-refractivity contribution is 5.50. The molecule has 0 unspecified atom stereocenters. The normalized spacial score (nSPS) is 9.00. The van der Waals surface area contributed by atoms with Gasteiger partial charge in [-0.05, 0) is 18.2 Å². The highest BCUT2D eigenvalue weighted by atomic mass is 16.5. The van der Waals surface area contributed by atoms with E-state index in [9.17, 15) is 0 Å². The maximum absolute atomic E-state index is 8.61. The third-order valence-electron chi connectivity index (χ3n) is 1.87. The van der Waals surface area contributed by atoms with Gasteiger partial charge in [0.2, 0.25) is 0 Å². The number of hydrogen-bond acceptors (Lipinski definition) is 3. The van der Waals surface area contributed by atoms with Crippen molar-refractivity contribution in [3.63, 3.8) is 0 Å². The van der Waals surface area contributed by atoms with Gasteiger partial charge in [0.1, 0.15) is 11.5 Å². The smallest absolute Gasteiger partial charge is 0.134 e. The van der Waals surface area contributed by atoms with E-state index in [4.69, 9.17) is 14.6 Å². The fourth-order valence-electron chi connectivity index (χ4n) is 1.13. The van der Waals surface area contributed by atoms with Crippen molar-refractivity contribution >= 4 is 0 Å². The van der Waals surface area contributed by atoms with Gasteiger partial charge in [0.25, 0.3) is 0 Å². The first-order chi connectivity index (χ1) is 7.31. The molecule has 0 saturated heterocycles. The van der Waals surface area contributed by atoms with Gasteiger partial charge in [0.05, 0.1) is 26.4 Å². The molecule has 0 aliphatic carbocycles. The second-order valence-corrected chi connectivity index (χ2v) is 2.84. The van der Waals surface area contributed by atoms with Crippen LogP contribution in [0.15, 0.2) is 18.2 Å². The van der Waals surface area contributed by atoms with Crippen LogP contribution in [0.2, 0.25) is 0 Å². The van der Waals surface area contributed by atoms with Crippen LogP contribution in [0.5, 0.6) is 11.5 Å². The summed E-state index contributed by atoms with van der Waals surface area (Å²) in [4.78, 5) is 0. The lowest BCUT2D eigenvalue weighted by atomic mass is 10.2. The van der Waals surface area contributed by atoms with Crippen molar-refractivity contribution in [3.05, 3.63) is 23.8 Å². The molecule has 0 spiro atoms. The van der Waals surface area contributed by atoms with E-state index in [0.717, 1.165) is 11.3 Å². The zero-order chi connectivity index (χ0) is 11.1. The Balaban J connectivity index is 2.97. The van der Waals surface area contributed by atoms with Gasteiger partial charge in [-0.1, -0.05) is 11.8 Å². The average molecular weight is 206 g/mol. The van der Waals surface area contributed by atoms with Crippen molar-refractivity contribution in [2.75, 3.05) is 20.8 Å². The van der Waals surface area contributed by atoms with Crippen molar-refractivity contribution in [2.45, 2.75) is 6.42 Å². The van der Waals surface area contributed by atoms with Crippen molar-refractivity contribution in [1.82, 2.24) is 0 Å². The van der Waals surface area contributed by atoms with E-state index in [2.05, 4.69) is 11.8 Å². The summed E-state index contributed by atoms with van der Waals surface area (Å²) in [6.45, 7) is 0.0687. The molecule has 3 heteroatoms. The summed E-state index contributed by atoms with van der Waals surface area (Å²) in [5.74, 6) is 7.22. The summed E-state index contributed by atoms with van der Waals surface area (Å²) < 4.78 is 10.2. The van der Waals surface area contributed by atoms with Crippen molar-refractivity contribution in [3.8, 4) is 23.3 Å². The Kier molecular flexibility index (Phi) is 4.52. The molecule has 0 atom stereocenters.